The topological polar surface area (TPSA) is 40.5 Å². The third-order valence-corrected chi connectivity index (χ3v) is 2.99. The third-order valence-electron chi connectivity index (χ3n) is 2.99. The van der Waals surface area contributed by atoms with E-state index in [1.165, 1.54) is 11.1 Å². The van der Waals surface area contributed by atoms with Crippen LogP contribution >= 0.6 is 0 Å². The van der Waals surface area contributed by atoms with Gasteiger partial charge in [0.2, 0.25) is 0 Å². The molecule has 0 spiro atoms. The van der Waals surface area contributed by atoms with E-state index < -0.39 is 5.97 Å². The smallest absolute Gasteiger partial charge is 0.308 e. The van der Waals surface area contributed by atoms with Crippen molar-refractivity contribution in [3.63, 3.8) is 0 Å². The van der Waals surface area contributed by atoms with Gasteiger partial charge >= 0.3 is 5.97 Å². The second-order valence-electron chi connectivity index (χ2n) is 4.57. The predicted octanol–water partition coefficient (Wildman–Crippen LogP) is 2.85. The van der Waals surface area contributed by atoms with Crippen molar-refractivity contribution in [1.29, 1.82) is 0 Å². The number of carbonyl (C=O) groups is 1. The van der Waals surface area contributed by atoms with Gasteiger partial charge in [0.05, 0.1) is 5.92 Å². The molecule has 0 aliphatic rings. The summed E-state index contributed by atoms with van der Waals surface area (Å²) in [6.07, 6.45) is 0. The van der Waals surface area contributed by atoms with Crippen molar-refractivity contribution in [2.75, 3.05) is 18.0 Å². The Morgan fingerprint density at radius 3 is 2.53 bits per heavy atom. The molecule has 0 fully saturated rings. The molecule has 0 radical (unpaired) electrons. The second kappa shape index (κ2) is 5.71. The lowest BCUT2D eigenvalue weighted by atomic mass is 10.1. The van der Waals surface area contributed by atoms with E-state index in [1.807, 2.05) is 6.92 Å². The molecule has 0 amide bonds. The van der Waals surface area contributed by atoms with E-state index in [1.54, 1.807) is 6.92 Å². The normalized spacial score (nSPS) is 12.2. The Labute approximate surface area is 103 Å². The van der Waals surface area contributed by atoms with Crippen molar-refractivity contribution in [2.45, 2.75) is 27.7 Å². The van der Waals surface area contributed by atoms with Crippen molar-refractivity contribution in [3.8, 4) is 0 Å². The van der Waals surface area contributed by atoms with Crippen molar-refractivity contribution < 1.29 is 9.90 Å². The standard InChI is InChI=1S/C14H21NO2/c1-5-15(9-12(4)14(16)17)13-7-6-10(2)8-11(13)3/h6-8,12H,5,9H2,1-4H3,(H,16,17). The van der Waals surface area contributed by atoms with Crippen LogP contribution in [0.25, 0.3) is 0 Å². The van der Waals surface area contributed by atoms with Crippen LogP contribution in [0.3, 0.4) is 0 Å². The molecular weight excluding hydrogens is 214 g/mol. The number of anilines is 1. The van der Waals surface area contributed by atoms with Crippen LogP contribution in [-0.4, -0.2) is 24.2 Å². The number of aryl methyl sites for hydroxylation is 2. The zero-order chi connectivity index (χ0) is 13.0. The zero-order valence-electron chi connectivity index (χ0n) is 11.0. The lowest BCUT2D eigenvalue weighted by Gasteiger charge is -2.26. The largest absolute Gasteiger partial charge is 0.481 e. The van der Waals surface area contributed by atoms with Gasteiger partial charge in [-0.2, -0.15) is 0 Å². The summed E-state index contributed by atoms with van der Waals surface area (Å²) in [6, 6.07) is 6.27. The Bertz CT molecular complexity index is 401. The van der Waals surface area contributed by atoms with Gasteiger partial charge in [0.25, 0.3) is 0 Å². The maximum absolute atomic E-state index is 10.9. The van der Waals surface area contributed by atoms with Gasteiger partial charge in [-0.1, -0.05) is 24.6 Å². The van der Waals surface area contributed by atoms with E-state index >= 15 is 0 Å². The number of carboxylic acid groups (broad SMARTS) is 1. The summed E-state index contributed by atoms with van der Waals surface area (Å²) in [5.74, 6) is -1.09. The highest BCUT2D eigenvalue weighted by Gasteiger charge is 2.16. The van der Waals surface area contributed by atoms with E-state index in [0.717, 1.165) is 12.2 Å². The average molecular weight is 235 g/mol. The number of aliphatic carboxylic acids is 1. The minimum absolute atomic E-state index is 0.351. The minimum atomic E-state index is -0.742. The molecule has 0 saturated heterocycles. The molecule has 1 aromatic rings. The molecule has 0 saturated carbocycles. The minimum Gasteiger partial charge on any atom is -0.481 e. The molecule has 0 heterocycles. The number of hydrogen-bond acceptors (Lipinski definition) is 2. The van der Waals surface area contributed by atoms with Gasteiger partial charge < -0.3 is 10.0 Å². The van der Waals surface area contributed by atoms with Gasteiger partial charge in [0, 0.05) is 18.8 Å². The van der Waals surface area contributed by atoms with Gasteiger partial charge in [-0.05, 0) is 32.4 Å². The molecule has 1 rings (SSSR count). The lowest BCUT2D eigenvalue weighted by Crippen LogP contribution is -2.32. The SMILES string of the molecule is CCN(CC(C)C(=O)O)c1ccc(C)cc1C. The zero-order valence-corrected chi connectivity index (χ0v) is 11.0. The summed E-state index contributed by atoms with van der Waals surface area (Å²) in [6.45, 7) is 9.29. The van der Waals surface area contributed by atoms with Crippen molar-refractivity contribution in [1.82, 2.24) is 0 Å². The molecule has 1 aromatic carbocycles. The van der Waals surface area contributed by atoms with Crippen molar-refractivity contribution in [3.05, 3.63) is 29.3 Å². The molecule has 94 valence electrons. The van der Waals surface area contributed by atoms with Gasteiger partial charge in [-0.25, -0.2) is 0 Å². The van der Waals surface area contributed by atoms with Crippen LogP contribution in [0.15, 0.2) is 18.2 Å². The first kappa shape index (κ1) is 13.6. The maximum atomic E-state index is 10.9. The Kier molecular flexibility index (Phi) is 4.55. The molecule has 0 aromatic heterocycles. The molecule has 17 heavy (non-hydrogen) atoms. The fraction of sp³-hybridized carbons (Fsp3) is 0.500. The Morgan fingerprint density at radius 2 is 2.06 bits per heavy atom. The monoisotopic (exact) mass is 235 g/mol. The fourth-order valence-electron chi connectivity index (χ4n) is 1.97. The van der Waals surface area contributed by atoms with Crippen LogP contribution in [0, 0.1) is 19.8 Å². The number of rotatable bonds is 5. The van der Waals surface area contributed by atoms with Crippen LogP contribution in [0.4, 0.5) is 5.69 Å². The maximum Gasteiger partial charge on any atom is 0.308 e. The molecule has 0 aliphatic carbocycles. The highest BCUT2D eigenvalue weighted by molar-refractivity contribution is 5.70. The van der Waals surface area contributed by atoms with Crippen LogP contribution in [0.1, 0.15) is 25.0 Å². The van der Waals surface area contributed by atoms with Gasteiger partial charge in [0.15, 0.2) is 0 Å². The van der Waals surface area contributed by atoms with Crippen molar-refractivity contribution in [2.24, 2.45) is 5.92 Å². The molecule has 1 atom stereocenters. The second-order valence-corrected chi connectivity index (χ2v) is 4.57. The first-order chi connectivity index (χ1) is 7.95. The Morgan fingerprint density at radius 1 is 1.41 bits per heavy atom. The molecule has 1 N–H and O–H groups in total. The van der Waals surface area contributed by atoms with Crippen LogP contribution in [-0.2, 0) is 4.79 Å². The quantitative estimate of drug-likeness (QED) is 0.853. The summed E-state index contributed by atoms with van der Waals surface area (Å²) < 4.78 is 0. The van der Waals surface area contributed by atoms with E-state index in [0.29, 0.717) is 6.54 Å². The van der Waals surface area contributed by atoms with E-state index in [4.69, 9.17) is 5.11 Å². The van der Waals surface area contributed by atoms with E-state index in [-0.39, 0.29) is 5.92 Å². The molecule has 0 aliphatic heterocycles. The number of carboxylic acids is 1. The highest BCUT2D eigenvalue weighted by atomic mass is 16.4. The van der Waals surface area contributed by atoms with E-state index in [9.17, 15) is 4.79 Å². The molecule has 3 nitrogen and oxygen atoms in total. The number of hydrogen-bond donors (Lipinski definition) is 1. The van der Waals surface area contributed by atoms with Gasteiger partial charge in [-0.15, -0.1) is 0 Å². The molecule has 0 bridgehead atoms. The van der Waals surface area contributed by atoms with Gasteiger partial charge in [0.1, 0.15) is 0 Å². The summed E-state index contributed by atoms with van der Waals surface area (Å²) >= 11 is 0. The Balaban J connectivity index is 2.90. The van der Waals surface area contributed by atoms with Crippen LogP contribution < -0.4 is 4.90 Å². The summed E-state index contributed by atoms with van der Waals surface area (Å²) in [5, 5.41) is 8.96. The number of nitrogens with zero attached hydrogens (tertiary/aromatic N) is 1. The first-order valence-corrected chi connectivity index (χ1v) is 6.00. The summed E-state index contributed by atoms with van der Waals surface area (Å²) in [7, 11) is 0. The number of benzene rings is 1. The third kappa shape index (κ3) is 3.48. The first-order valence-electron chi connectivity index (χ1n) is 6.00. The predicted molar refractivity (Wildman–Crippen MR) is 70.6 cm³/mol. The summed E-state index contributed by atoms with van der Waals surface area (Å²) in [5.41, 5.74) is 3.56. The molecule has 3 heteroatoms. The molecule has 1 unspecified atom stereocenters. The fourth-order valence-corrected chi connectivity index (χ4v) is 1.97. The lowest BCUT2D eigenvalue weighted by molar-refractivity contribution is -0.140. The Hall–Kier alpha value is -1.51. The van der Waals surface area contributed by atoms with E-state index in [2.05, 4.69) is 36.9 Å². The highest BCUT2D eigenvalue weighted by Crippen LogP contribution is 2.22. The van der Waals surface area contributed by atoms with Gasteiger partial charge in [-0.3, -0.25) is 4.79 Å². The van der Waals surface area contributed by atoms with Crippen LogP contribution in [0.5, 0.6) is 0 Å². The summed E-state index contributed by atoms with van der Waals surface area (Å²) in [4.78, 5) is 13.0. The average Bonchev–Trinajstić information content (AvgIpc) is 2.26. The van der Waals surface area contributed by atoms with Crippen LogP contribution in [0.2, 0.25) is 0 Å². The van der Waals surface area contributed by atoms with Crippen molar-refractivity contribution >= 4 is 11.7 Å². The molecular formula is C14H21NO2.